The largest absolute Gasteiger partial charge is 0.474 e. The van der Waals surface area contributed by atoms with Crippen LogP contribution in [-0.4, -0.2) is 35.0 Å². The molecular weight excluding hydrogens is 264 g/mol. The molecule has 0 bridgehead atoms. The smallest absolute Gasteiger partial charge is 0.213 e. The van der Waals surface area contributed by atoms with Crippen LogP contribution >= 0.6 is 0 Å². The number of nitrogens with two attached hydrogens (primary N) is 1. The second-order valence-electron chi connectivity index (χ2n) is 5.90. The van der Waals surface area contributed by atoms with Crippen LogP contribution in [0.15, 0.2) is 23.3 Å². The van der Waals surface area contributed by atoms with Gasteiger partial charge < -0.3 is 15.4 Å². The number of aliphatic imine (C=N–C) groups is 1. The van der Waals surface area contributed by atoms with Crippen LogP contribution in [0.3, 0.4) is 0 Å². The number of nitrogens with zero attached hydrogens (tertiary/aromatic N) is 3. The molecule has 1 aliphatic carbocycles. The molecule has 1 saturated carbocycles. The molecule has 0 radical (unpaired) electrons. The van der Waals surface area contributed by atoms with Gasteiger partial charge in [-0.25, -0.2) is 9.98 Å². The zero-order chi connectivity index (χ0) is 14.5. The van der Waals surface area contributed by atoms with E-state index < -0.39 is 0 Å². The van der Waals surface area contributed by atoms with Gasteiger partial charge in [-0.3, -0.25) is 0 Å². The van der Waals surface area contributed by atoms with Crippen LogP contribution in [0.2, 0.25) is 0 Å². The summed E-state index contributed by atoms with van der Waals surface area (Å²) in [5.74, 6) is 1.37. The van der Waals surface area contributed by atoms with Crippen LogP contribution in [0.25, 0.3) is 0 Å². The molecule has 1 saturated heterocycles. The topological polar surface area (TPSA) is 63.7 Å². The average Bonchev–Trinajstić information content (AvgIpc) is 2.50. The van der Waals surface area contributed by atoms with Gasteiger partial charge in [-0.1, -0.05) is 0 Å². The van der Waals surface area contributed by atoms with E-state index in [-0.39, 0.29) is 0 Å². The van der Waals surface area contributed by atoms with E-state index in [0.717, 1.165) is 31.5 Å². The van der Waals surface area contributed by atoms with Crippen LogP contribution in [0, 0.1) is 0 Å². The molecule has 2 heterocycles. The number of likely N-dealkylation sites (tertiary alicyclic amines) is 1. The molecule has 0 aromatic carbocycles. The van der Waals surface area contributed by atoms with Crippen molar-refractivity contribution in [1.29, 1.82) is 0 Å². The Bertz CT molecular complexity index is 493. The summed E-state index contributed by atoms with van der Waals surface area (Å²) in [6.07, 6.45) is 9.43. The normalized spacial score (nSPS) is 20.2. The van der Waals surface area contributed by atoms with E-state index in [1.807, 2.05) is 12.1 Å². The Morgan fingerprint density at radius 1 is 1.29 bits per heavy atom. The molecule has 0 atom stereocenters. The van der Waals surface area contributed by atoms with Crippen LogP contribution in [-0.2, 0) is 6.54 Å². The van der Waals surface area contributed by atoms with Gasteiger partial charge in [-0.05, 0) is 50.2 Å². The van der Waals surface area contributed by atoms with Crippen molar-refractivity contribution in [3.05, 3.63) is 23.9 Å². The molecule has 2 fully saturated rings. The standard InChI is InChI=1S/C16H24N4O/c17-16(20-9-2-1-3-10-20)19-12-13-7-8-18-15(11-13)21-14-5-4-6-14/h7-8,11,14H,1-6,9-10,12H2,(H2,17,19). The van der Waals surface area contributed by atoms with Gasteiger partial charge in [0.2, 0.25) is 5.88 Å². The van der Waals surface area contributed by atoms with Crippen LogP contribution in [0.5, 0.6) is 5.88 Å². The summed E-state index contributed by atoms with van der Waals surface area (Å²) >= 11 is 0. The summed E-state index contributed by atoms with van der Waals surface area (Å²) in [4.78, 5) is 11.0. The van der Waals surface area contributed by atoms with Gasteiger partial charge in [-0.2, -0.15) is 0 Å². The molecule has 3 rings (SSSR count). The fourth-order valence-electron chi connectivity index (χ4n) is 2.67. The van der Waals surface area contributed by atoms with Gasteiger partial charge in [0.15, 0.2) is 5.96 Å². The molecule has 114 valence electrons. The van der Waals surface area contributed by atoms with Crippen molar-refractivity contribution in [3.8, 4) is 5.88 Å². The lowest BCUT2D eigenvalue weighted by molar-refractivity contribution is 0.114. The fraction of sp³-hybridized carbons (Fsp3) is 0.625. The minimum Gasteiger partial charge on any atom is -0.474 e. The zero-order valence-electron chi connectivity index (χ0n) is 12.5. The maximum Gasteiger partial charge on any atom is 0.213 e. The Balaban J connectivity index is 1.57. The summed E-state index contributed by atoms with van der Waals surface area (Å²) in [5, 5.41) is 0. The number of piperidine rings is 1. The first kappa shape index (κ1) is 14.2. The van der Waals surface area contributed by atoms with E-state index in [1.165, 1.54) is 25.7 Å². The van der Waals surface area contributed by atoms with Gasteiger partial charge in [0, 0.05) is 25.4 Å². The molecule has 1 aliphatic heterocycles. The predicted molar refractivity (Wildman–Crippen MR) is 83.3 cm³/mol. The molecule has 21 heavy (non-hydrogen) atoms. The van der Waals surface area contributed by atoms with Crippen molar-refractivity contribution in [2.24, 2.45) is 10.7 Å². The van der Waals surface area contributed by atoms with Gasteiger partial charge >= 0.3 is 0 Å². The summed E-state index contributed by atoms with van der Waals surface area (Å²) in [7, 11) is 0. The van der Waals surface area contributed by atoms with E-state index in [0.29, 0.717) is 24.5 Å². The third-order valence-electron chi connectivity index (χ3n) is 4.24. The number of hydrogen-bond acceptors (Lipinski definition) is 3. The molecule has 0 unspecified atom stereocenters. The molecule has 1 aromatic heterocycles. The first-order valence-corrected chi connectivity index (χ1v) is 7.98. The maximum absolute atomic E-state index is 6.07. The maximum atomic E-state index is 6.07. The highest BCUT2D eigenvalue weighted by Crippen LogP contribution is 2.24. The molecular formula is C16H24N4O. The van der Waals surface area contributed by atoms with E-state index in [2.05, 4.69) is 14.9 Å². The van der Waals surface area contributed by atoms with Crippen molar-refractivity contribution < 1.29 is 4.74 Å². The van der Waals surface area contributed by atoms with Crippen molar-refractivity contribution in [1.82, 2.24) is 9.88 Å². The molecule has 5 heteroatoms. The Morgan fingerprint density at radius 3 is 2.81 bits per heavy atom. The minimum atomic E-state index is 0.356. The number of pyridine rings is 1. The molecule has 0 spiro atoms. The summed E-state index contributed by atoms with van der Waals surface area (Å²) in [6.45, 7) is 2.65. The average molecular weight is 288 g/mol. The number of hydrogen-bond donors (Lipinski definition) is 1. The zero-order valence-corrected chi connectivity index (χ0v) is 12.5. The number of aromatic nitrogens is 1. The molecule has 5 nitrogen and oxygen atoms in total. The highest BCUT2D eigenvalue weighted by atomic mass is 16.5. The first-order valence-electron chi connectivity index (χ1n) is 7.98. The van der Waals surface area contributed by atoms with Gasteiger partial charge in [0.1, 0.15) is 6.10 Å². The Hall–Kier alpha value is -1.78. The quantitative estimate of drug-likeness (QED) is 0.682. The SMILES string of the molecule is NC(=NCc1ccnc(OC2CCC2)c1)N1CCCCC1. The Labute approximate surface area is 126 Å². The third kappa shape index (κ3) is 3.86. The highest BCUT2D eigenvalue weighted by molar-refractivity contribution is 5.78. The van der Waals surface area contributed by atoms with Gasteiger partial charge in [-0.15, -0.1) is 0 Å². The minimum absolute atomic E-state index is 0.356. The van der Waals surface area contributed by atoms with Crippen molar-refractivity contribution in [3.63, 3.8) is 0 Å². The van der Waals surface area contributed by atoms with Crippen molar-refractivity contribution >= 4 is 5.96 Å². The molecule has 2 aliphatic rings. The van der Waals surface area contributed by atoms with E-state index in [4.69, 9.17) is 10.5 Å². The second kappa shape index (κ2) is 6.78. The van der Waals surface area contributed by atoms with Crippen LogP contribution in [0.1, 0.15) is 44.1 Å². The third-order valence-corrected chi connectivity index (χ3v) is 4.24. The summed E-state index contributed by atoms with van der Waals surface area (Å²) in [6, 6.07) is 3.95. The lowest BCUT2D eigenvalue weighted by atomic mass is 9.96. The van der Waals surface area contributed by atoms with Gasteiger partial charge in [0.05, 0.1) is 6.54 Å². The van der Waals surface area contributed by atoms with E-state index in [1.54, 1.807) is 6.20 Å². The highest BCUT2D eigenvalue weighted by Gasteiger charge is 2.19. The van der Waals surface area contributed by atoms with Gasteiger partial charge in [0.25, 0.3) is 0 Å². The molecule has 0 amide bonds. The van der Waals surface area contributed by atoms with E-state index >= 15 is 0 Å². The summed E-state index contributed by atoms with van der Waals surface area (Å²) in [5.41, 5.74) is 7.17. The fourth-order valence-corrected chi connectivity index (χ4v) is 2.67. The predicted octanol–water partition coefficient (Wildman–Crippen LogP) is 2.31. The van der Waals surface area contributed by atoms with Crippen molar-refractivity contribution in [2.45, 2.75) is 51.2 Å². The molecule has 2 N–H and O–H groups in total. The lowest BCUT2D eigenvalue weighted by Gasteiger charge is -2.27. The van der Waals surface area contributed by atoms with Crippen molar-refractivity contribution in [2.75, 3.05) is 13.1 Å². The van der Waals surface area contributed by atoms with E-state index in [9.17, 15) is 0 Å². The Kier molecular flexibility index (Phi) is 4.58. The first-order chi connectivity index (χ1) is 10.3. The Morgan fingerprint density at radius 2 is 2.10 bits per heavy atom. The second-order valence-corrected chi connectivity index (χ2v) is 5.90. The number of rotatable bonds is 4. The summed E-state index contributed by atoms with van der Waals surface area (Å²) < 4.78 is 5.81. The number of guanidine groups is 1. The monoisotopic (exact) mass is 288 g/mol. The van der Waals surface area contributed by atoms with Crippen LogP contribution in [0.4, 0.5) is 0 Å². The number of ether oxygens (including phenoxy) is 1. The van der Waals surface area contributed by atoms with Crippen LogP contribution < -0.4 is 10.5 Å². The molecule has 1 aromatic rings. The lowest BCUT2D eigenvalue weighted by Crippen LogP contribution is -2.40.